The molecule has 4 aromatic carbocycles. The van der Waals surface area contributed by atoms with E-state index in [4.69, 9.17) is 59.2 Å². The summed E-state index contributed by atoms with van der Waals surface area (Å²) in [5.41, 5.74) is 7.25. The number of ether oxygens (including phenoxy) is 3. The van der Waals surface area contributed by atoms with Gasteiger partial charge in [-0.2, -0.15) is 0 Å². The van der Waals surface area contributed by atoms with E-state index >= 15 is 0 Å². The molecule has 2 aliphatic rings. The summed E-state index contributed by atoms with van der Waals surface area (Å²) in [5.74, 6) is 20.9. The van der Waals surface area contributed by atoms with Gasteiger partial charge in [0.2, 0.25) is 0 Å². The predicted octanol–water partition coefficient (Wildman–Crippen LogP) is 6.32. The summed E-state index contributed by atoms with van der Waals surface area (Å²) < 4.78 is 17.3. The van der Waals surface area contributed by atoms with Crippen LogP contribution in [0.2, 0.25) is 0 Å². The van der Waals surface area contributed by atoms with E-state index in [9.17, 15) is 0 Å². The lowest BCUT2D eigenvalue weighted by atomic mass is 10.1. The zero-order chi connectivity index (χ0) is 40.4. The number of benzene rings is 4. The standard InChI is InChI=1S/C26H23N3O.C23H20N2O2/c1-5-15-27(16-6-2)23-9-11-24(12-10-23)29-20-22-19-25(13-14-26(22)30-21-29)28(17-7-3)18-8-4;1-4-13-24(14-5-2)21-9-12-23-19(16-21)17-25(18-27-23)20-7-10-22(11-8-20)26-15-6-3/h1-4,9-14,19H,15-18,20-21H2;1-3,7-12,16H,13-15,17-18H2. The molecule has 0 aliphatic carbocycles. The largest absolute Gasteiger partial charge is 0.481 e. The van der Waals surface area contributed by atoms with Gasteiger partial charge in [-0.05, 0) is 84.9 Å². The minimum Gasteiger partial charge on any atom is -0.481 e. The molecule has 0 N–H and O–H groups in total. The predicted molar refractivity (Wildman–Crippen MR) is 233 cm³/mol. The quantitative estimate of drug-likeness (QED) is 0.148. The van der Waals surface area contributed by atoms with Crippen molar-refractivity contribution in [3.05, 3.63) is 96.1 Å². The zero-order valence-corrected chi connectivity index (χ0v) is 31.9. The molecular formula is C49H43N5O3. The smallest absolute Gasteiger partial charge is 0.161 e. The lowest BCUT2D eigenvalue weighted by Crippen LogP contribution is -2.32. The summed E-state index contributed by atoms with van der Waals surface area (Å²) in [6, 6.07) is 28.0. The Hall–Kier alpha value is -7.80. The lowest BCUT2D eigenvalue weighted by molar-refractivity contribution is 0.289. The van der Waals surface area contributed by atoms with Gasteiger partial charge < -0.3 is 38.7 Å². The number of anilines is 5. The highest BCUT2D eigenvalue weighted by Crippen LogP contribution is 2.34. The van der Waals surface area contributed by atoms with Crippen molar-refractivity contribution in [1.29, 1.82) is 0 Å². The summed E-state index contributed by atoms with van der Waals surface area (Å²) in [5, 5.41) is 0. The molecule has 0 fully saturated rings. The normalized spacial score (nSPS) is 11.8. The first kappa shape index (κ1) is 40.4. The summed E-state index contributed by atoms with van der Waals surface area (Å²) in [4.78, 5) is 10.2. The first-order chi connectivity index (χ1) is 27.9. The first-order valence-corrected chi connectivity index (χ1v) is 18.1. The van der Waals surface area contributed by atoms with Crippen molar-refractivity contribution >= 4 is 28.4 Å². The van der Waals surface area contributed by atoms with Crippen molar-refractivity contribution in [2.45, 2.75) is 13.1 Å². The molecule has 0 amide bonds. The van der Waals surface area contributed by atoms with Crippen LogP contribution in [0.15, 0.2) is 84.9 Å². The van der Waals surface area contributed by atoms with Crippen LogP contribution in [0.25, 0.3) is 0 Å². The molecular weight excluding hydrogens is 707 g/mol. The fourth-order valence-corrected chi connectivity index (χ4v) is 6.31. The third kappa shape index (κ3) is 10.7. The number of rotatable bonds is 13. The average molecular weight is 750 g/mol. The van der Waals surface area contributed by atoms with Gasteiger partial charge in [0.15, 0.2) is 13.5 Å². The molecule has 4 aromatic rings. The molecule has 8 nitrogen and oxygen atoms in total. The maximum Gasteiger partial charge on any atom is 0.161 e. The Labute approximate surface area is 338 Å². The van der Waals surface area contributed by atoms with E-state index < -0.39 is 0 Å². The van der Waals surface area contributed by atoms with Crippen molar-refractivity contribution in [2.75, 3.05) is 83.8 Å². The van der Waals surface area contributed by atoms with Gasteiger partial charge in [0.25, 0.3) is 0 Å². The molecule has 0 atom stereocenters. The van der Waals surface area contributed by atoms with Gasteiger partial charge in [-0.15, -0.1) is 45.0 Å². The van der Waals surface area contributed by atoms with Crippen LogP contribution >= 0.6 is 0 Å². The fraction of sp³-hybridized carbons (Fsp3) is 0.224. The van der Waals surface area contributed by atoms with Crippen molar-refractivity contribution < 1.29 is 14.2 Å². The maximum absolute atomic E-state index is 5.96. The Morgan fingerprint density at radius 3 is 1.23 bits per heavy atom. The molecule has 0 radical (unpaired) electrons. The minimum absolute atomic E-state index is 0.258. The van der Waals surface area contributed by atoms with E-state index in [1.165, 1.54) is 0 Å². The maximum atomic E-state index is 5.96. The minimum atomic E-state index is 0.258. The fourth-order valence-electron chi connectivity index (χ4n) is 6.31. The van der Waals surface area contributed by atoms with Crippen molar-refractivity contribution in [3.63, 3.8) is 0 Å². The van der Waals surface area contributed by atoms with E-state index in [2.05, 4.69) is 75.5 Å². The Morgan fingerprint density at radius 2 is 0.842 bits per heavy atom. The molecule has 0 spiro atoms. The number of fused-ring (bicyclic) bond motifs is 2. The van der Waals surface area contributed by atoms with Crippen LogP contribution in [0.3, 0.4) is 0 Å². The zero-order valence-electron chi connectivity index (χ0n) is 31.9. The van der Waals surface area contributed by atoms with Crippen LogP contribution < -0.4 is 38.7 Å². The molecule has 0 aromatic heterocycles. The number of nitrogens with zero attached hydrogens (tertiary/aromatic N) is 5. The second kappa shape index (κ2) is 20.6. The summed E-state index contributed by atoms with van der Waals surface area (Å²) in [6.07, 6.45) is 38.0. The number of hydrogen-bond acceptors (Lipinski definition) is 8. The topological polar surface area (TPSA) is 43.9 Å². The van der Waals surface area contributed by atoms with Crippen molar-refractivity contribution in [3.8, 4) is 104 Å². The molecule has 0 bridgehead atoms. The highest BCUT2D eigenvalue weighted by Gasteiger charge is 2.21. The van der Waals surface area contributed by atoms with Crippen molar-refractivity contribution in [1.82, 2.24) is 0 Å². The monoisotopic (exact) mass is 749 g/mol. The molecule has 0 unspecified atom stereocenters. The third-order valence-electron chi connectivity index (χ3n) is 9.09. The van der Waals surface area contributed by atoms with E-state index in [1.54, 1.807) is 0 Å². The van der Waals surface area contributed by atoms with Gasteiger partial charge in [-0.3, -0.25) is 0 Å². The molecule has 6 rings (SSSR count). The van der Waals surface area contributed by atoms with Gasteiger partial charge in [-0.25, -0.2) is 0 Å². The van der Waals surface area contributed by atoms with E-state index in [0.717, 1.165) is 69.9 Å². The molecule has 0 saturated heterocycles. The van der Waals surface area contributed by atoms with Gasteiger partial charge in [0.05, 0.1) is 39.3 Å². The summed E-state index contributed by atoms with van der Waals surface area (Å²) >= 11 is 0. The molecule has 57 heavy (non-hydrogen) atoms. The molecule has 8 heteroatoms. The Morgan fingerprint density at radius 1 is 0.474 bits per heavy atom. The lowest BCUT2D eigenvalue weighted by Gasteiger charge is -2.32. The molecule has 2 aliphatic heterocycles. The number of terminal acetylenes is 7. The summed E-state index contributed by atoms with van der Waals surface area (Å²) in [6.45, 7) is 5.46. The average Bonchev–Trinajstić information content (AvgIpc) is 3.25. The second-order valence-electron chi connectivity index (χ2n) is 12.8. The van der Waals surface area contributed by atoms with Crippen LogP contribution in [0.4, 0.5) is 28.4 Å². The van der Waals surface area contributed by atoms with E-state index in [1.807, 2.05) is 75.4 Å². The molecule has 282 valence electrons. The van der Waals surface area contributed by atoms with Crippen LogP contribution in [-0.4, -0.2) is 59.3 Å². The highest BCUT2D eigenvalue weighted by atomic mass is 16.5. The van der Waals surface area contributed by atoms with Gasteiger partial charge in [-0.1, -0.05) is 41.4 Å². The SMILES string of the molecule is C#CCN(CC#C)c1ccc(N2COc3ccc(N(CC#C)CC#C)cc3C2)cc1.C#CCOc1ccc(N2COc3ccc(N(CC#C)CC#C)cc3C2)cc1. The molecule has 0 saturated carbocycles. The highest BCUT2D eigenvalue weighted by molar-refractivity contribution is 5.61. The Kier molecular flexibility index (Phi) is 14.6. The second-order valence-corrected chi connectivity index (χ2v) is 12.8. The Balaban J connectivity index is 0.000000219. The van der Waals surface area contributed by atoms with E-state index in [-0.39, 0.29) is 6.61 Å². The van der Waals surface area contributed by atoms with Crippen LogP contribution in [0.1, 0.15) is 11.1 Å². The van der Waals surface area contributed by atoms with Gasteiger partial charge in [0, 0.05) is 52.7 Å². The van der Waals surface area contributed by atoms with Crippen LogP contribution in [0.5, 0.6) is 17.2 Å². The van der Waals surface area contributed by atoms with Crippen LogP contribution in [-0.2, 0) is 13.1 Å². The van der Waals surface area contributed by atoms with E-state index in [0.29, 0.717) is 52.7 Å². The van der Waals surface area contributed by atoms with Gasteiger partial charge >= 0.3 is 0 Å². The van der Waals surface area contributed by atoms with Crippen molar-refractivity contribution in [2.24, 2.45) is 0 Å². The van der Waals surface area contributed by atoms with Gasteiger partial charge in [0.1, 0.15) is 23.9 Å². The third-order valence-corrected chi connectivity index (χ3v) is 9.09. The Bertz CT molecular complexity index is 2240. The molecule has 2 heterocycles. The van der Waals surface area contributed by atoms with Crippen LogP contribution in [0, 0.1) is 86.4 Å². The summed E-state index contributed by atoms with van der Waals surface area (Å²) in [7, 11) is 0. The number of hydrogen-bond donors (Lipinski definition) is 0. The first-order valence-electron chi connectivity index (χ1n) is 18.1.